The van der Waals surface area contributed by atoms with E-state index < -0.39 is 0 Å². The zero-order chi connectivity index (χ0) is 13.5. The third kappa shape index (κ3) is 4.03. The third-order valence-corrected chi connectivity index (χ3v) is 2.83. The van der Waals surface area contributed by atoms with Crippen molar-refractivity contribution in [2.45, 2.75) is 25.8 Å². The quantitative estimate of drug-likeness (QED) is 0.798. The first-order valence-corrected chi connectivity index (χ1v) is 6.41. The molecule has 0 bridgehead atoms. The first-order chi connectivity index (χ1) is 9.31. The van der Waals surface area contributed by atoms with Crippen molar-refractivity contribution in [3.63, 3.8) is 0 Å². The van der Waals surface area contributed by atoms with Crippen molar-refractivity contribution in [1.82, 2.24) is 20.2 Å². The molecule has 2 aromatic rings. The number of rotatable bonds is 7. The molecule has 6 heteroatoms. The van der Waals surface area contributed by atoms with Crippen LogP contribution in [0.1, 0.15) is 17.8 Å². The Hall–Kier alpha value is -1.95. The van der Waals surface area contributed by atoms with Crippen LogP contribution in [0.25, 0.3) is 0 Å². The third-order valence-electron chi connectivity index (χ3n) is 2.83. The largest absolute Gasteiger partial charge is 0.497 e. The topological polar surface area (TPSA) is 78.9 Å². The minimum absolute atomic E-state index is 0.640. The molecule has 0 unspecified atom stereocenters. The molecule has 0 amide bonds. The minimum atomic E-state index is 0.640. The summed E-state index contributed by atoms with van der Waals surface area (Å²) in [7, 11) is 1.67. The van der Waals surface area contributed by atoms with Gasteiger partial charge in [-0.1, -0.05) is 12.1 Å². The van der Waals surface area contributed by atoms with Crippen LogP contribution in [0.5, 0.6) is 5.75 Å². The second kappa shape index (κ2) is 6.84. The summed E-state index contributed by atoms with van der Waals surface area (Å²) in [5, 5.41) is 12.3. The van der Waals surface area contributed by atoms with E-state index in [1.807, 2.05) is 18.2 Å². The summed E-state index contributed by atoms with van der Waals surface area (Å²) in [4.78, 5) is 1.60. The molecule has 6 nitrogen and oxygen atoms in total. The minimum Gasteiger partial charge on any atom is -0.497 e. The van der Waals surface area contributed by atoms with E-state index >= 15 is 0 Å². The number of hydrogen-bond acceptors (Lipinski definition) is 5. The smallest absolute Gasteiger partial charge is 0.175 e. The molecule has 19 heavy (non-hydrogen) atoms. The standard InChI is InChI=1S/C13H19N5O/c1-19-12-5-2-4-11(10-12)6-7-13-15-17-18(16-13)9-3-8-14/h2,4-5,10H,3,6-9,14H2,1H3. The van der Waals surface area contributed by atoms with Crippen LogP contribution < -0.4 is 10.5 Å². The van der Waals surface area contributed by atoms with Gasteiger partial charge in [0.15, 0.2) is 5.82 Å². The van der Waals surface area contributed by atoms with Crippen molar-refractivity contribution in [3.05, 3.63) is 35.7 Å². The van der Waals surface area contributed by atoms with Crippen molar-refractivity contribution < 1.29 is 4.74 Å². The second-order valence-corrected chi connectivity index (χ2v) is 4.30. The Bertz CT molecular complexity index is 511. The van der Waals surface area contributed by atoms with Crippen molar-refractivity contribution in [2.75, 3.05) is 13.7 Å². The van der Waals surface area contributed by atoms with Gasteiger partial charge >= 0.3 is 0 Å². The van der Waals surface area contributed by atoms with Gasteiger partial charge in [0.25, 0.3) is 0 Å². The van der Waals surface area contributed by atoms with E-state index in [9.17, 15) is 0 Å². The number of nitrogens with two attached hydrogens (primary N) is 1. The fraction of sp³-hybridized carbons (Fsp3) is 0.462. The van der Waals surface area contributed by atoms with Crippen LogP contribution in [-0.2, 0) is 19.4 Å². The molecule has 0 radical (unpaired) electrons. The van der Waals surface area contributed by atoms with Crippen LogP contribution in [0.3, 0.4) is 0 Å². The fourth-order valence-electron chi connectivity index (χ4n) is 1.79. The lowest BCUT2D eigenvalue weighted by molar-refractivity contribution is 0.414. The van der Waals surface area contributed by atoms with E-state index in [-0.39, 0.29) is 0 Å². The molecule has 2 N–H and O–H groups in total. The summed E-state index contributed by atoms with van der Waals surface area (Å²) in [6.45, 7) is 1.36. The van der Waals surface area contributed by atoms with Gasteiger partial charge in [-0.05, 0) is 42.3 Å². The maximum atomic E-state index is 5.44. The van der Waals surface area contributed by atoms with Crippen LogP contribution in [-0.4, -0.2) is 33.9 Å². The molecule has 102 valence electrons. The van der Waals surface area contributed by atoms with Gasteiger partial charge in [-0.3, -0.25) is 0 Å². The number of benzene rings is 1. The molecule has 0 saturated carbocycles. The first kappa shape index (κ1) is 13.5. The van der Waals surface area contributed by atoms with Gasteiger partial charge in [0, 0.05) is 6.42 Å². The zero-order valence-electron chi connectivity index (χ0n) is 11.1. The van der Waals surface area contributed by atoms with Gasteiger partial charge in [-0.15, -0.1) is 10.2 Å². The predicted octanol–water partition coefficient (Wildman–Crippen LogP) is 0.816. The van der Waals surface area contributed by atoms with Crippen LogP contribution in [0.4, 0.5) is 0 Å². The normalized spacial score (nSPS) is 10.6. The second-order valence-electron chi connectivity index (χ2n) is 4.30. The Labute approximate surface area is 112 Å². The summed E-state index contributed by atoms with van der Waals surface area (Å²) in [6.07, 6.45) is 2.52. The van der Waals surface area contributed by atoms with Crippen LogP contribution >= 0.6 is 0 Å². The lowest BCUT2D eigenvalue weighted by atomic mass is 10.1. The molecule has 0 atom stereocenters. The maximum Gasteiger partial charge on any atom is 0.175 e. The molecular weight excluding hydrogens is 242 g/mol. The van der Waals surface area contributed by atoms with Crippen molar-refractivity contribution in [3.8, 4) is 5.75 Å². The fourth-order valence-corrected chi connectivity index (χ4v) is 1.79. The molecular formula is C13H19N5O. The molecule has 0 aliphatic carbocycles. The van der Waals surface area contributed by atoms with Gasteiger partial charge in [0.2, 0.25) is 0 Å². The van der Waals surface area contributed by atoms with Crippen molar-refractivity contribution in [2.24, 2.45) is 5.73 Å². The summed E-state index contributed by atoms with van der Waals surface area (Å²) in [5.41, 5.74) is 6.65. The SMILES string of the molecule is COc1cccc(CCc2nnn(CCCN)n2)c1. The molecule has 2 rings (SSSR count). The van der Waals surface area contributed by atoms with E-state index in [1.54, 1.807) is 11.9 Å². The molecule has 0 aliphatic heterocycles. The highest BCUT2D eigenvalue weighted by atomic mass is 16.5. The van der Waals surface area contributed by atoms with E-state index in [1.165, 1.54) is 5.56 Å². The van der Waals surface area contributed by atoms with Gasteiger partial charge in [-0.25, -0.2) is 0 Å². The highest BCUT2D eigenvalue weighted by molar-refractivity contribution is 5.28. The molecule has 1 heterocycles. The number of aromatic nitrogens is 4. The number of hydrogen-bond donors (Lipinski definition) is 1. The van der Waals surface area contributed by atoms with Gasteiger partial charge in [0.05, 0.1) is 13.7 Å². The van der Waals surface area contributed by atoms with Crippen LogP contribution in [0.2, 0.25) is 0 Å². The lowest BCUT2D eigenvalue weighted by Crippen LogP contribution is -2.08. The summed E-state index contributed by atoms with van der Waals surface area (Å²) in [5.74, 6) is 1.64. The van der Waals surface area contributed by atoms with E-state index in [0.717, 1.165) is 37.4 Å². The summed E-state index contributed by atoms with van der Waals surface area (Å²) in [6, 6.07) is 8.02. The number of aryl methyl sites for hydroxylation is 3. The first-order valence-electron chi connectivity index (χ1n) is 6.41. The maximum absolute atomic E-state index is 5.44. The van der Waals surface area contributed by atoms with Crippen molar-refractivity contribution >= 4 is 0 Å². The highest BCUT2D eigenvalue weighted by Crippen LogP contribution is 2.13. The van der Waals surface area contributed by atoms with Gasteiger partial charge in [-0.2, -0.15) is 4.80 Å². The van der Waals surface area contributed by atoms with Gasteiger partial charge < -0.3 is 10.5 Å². The van der Waals surface area contributed by atoms with Crippen molar-refractivity contribution in [1.29, 1.82) is 0 Å². The molecule has 0 saturated heterocycles. The Morgan fingerprint density at radius 1 is 1.32 bits per heavy atom. The highest BCUT2D eigenvalue weighted by Gasteiger charge is 2.04. The lowest BCUT2D eigenvalue weighted by Gasteiger charge is -2.02. The monoisotopic (exact) mass is 261 g/mol. The Morgan fingerprint density at radius 2 is 2.21 bits per heavy atom. The van der Waals surface area contributed by atoms with E-state index in [2.05, 4.69) is 21.5 Å². The molecule has 0 spiro atoms. The number of ether oxygens (including phenoxy) is 1. The molecule has 1 aromatic carbocycles. The zero-order valence-corrected chi connectivity index (χ0v) is 11.1. The van der Waals surface area contributed by atoms with Crippen LogP contribution in [0, 0.1) is 0 Å². The van der Waals surface area contributed by atoms with Gasteiger partial charge in [0.1, 0.15) is 5.75 Å². The molecule has 1 aromatic heterocycles. The average Bonchev–Trinajstić information content (AvgIpc) is 2.91. The summed E-state index contributed by atoms with van der Waals surface area (Å²) >= 11 is 0. The Balaban J connectivity index is 1.89. The Morgan fingerprint density at radius 3 is 3.00 bits per heavy atom. The molecule has 0 aliphatic rings. The van der Waals surface area contributed by atoms with E-state index in [0.29, 0.717) is 6.54 Å². The number of methoxy groups -OCH3 is 1. The van der Waals surface area contributed by atoms with Crippen LogP contribution in [0.15, 0.2) is 24.3 Å². The average molecular weight is 261 g/mol. The number of tetrazole rings is 1. The Kier molecular flexibility index (Phi) is 4.85. The molecule has 0 fully saturated rings. The summed E-state index contributed by atoms with van der Waals surface area (Å²) < 4.78 is 5.20. The number of nitrogens with zero attached hydrogens (tertiary/aromatic N) is 4. The predicted molar refractivity (Wildman–Crippen MR) is 71.9 cm³/mol. The van der Waals surface area contributed by atoms with E-state index in [4.69, 9.17) is 10.5 Å².